The molecule has 0 saturated heterocycles. The van der Waals surface area contributed by atoms with Gasteiger partial charge in [-0.15, -0.1) is 0 Å². The SMILES string of the molecule is Cn1cncc1CSCCCN. The van der Waals surface area contributed by atoms with Gasteiger partial charge in [0.05, 0.1) is 6.33 Å². The van der Waals surface area contributed by atoms with Crippen LogP contribution in [0.4, 0.5) is 0 Å². The molecule has 0 atom stereocenters. The van der Waals surface area contributed by atoms with E-state index in [1.54, 1.807) is 0 Å². The topological polar surface area (TPSA) is 43.8 Å². The minimum atomic E-state index is 0.790. The molecular formula is C8H15N3S. The molecule has 1 heterocycles. The predicted octanol–water partition coefficient (Wildman–Crippen LogP) is 1.00. The van der Waals surface area contributed by atoms with E-state index >= 15 is 0 Å². The molecule has 4 heteroatoms. The molecule has 0 aliphatic rings. The number of nitrogens with two attached hydrogens (primary N) is 1. The van der Waals surface area contributed by atoms with Crippen LogP contribution in [0.2, 0.25) is 0 Å². The van der Waals surface area contributed by atoms with Crippen LogP contribution in [0.5, 0.6) is 0 Å². The van der Waals surface area contributed by atoms with Gasteiger partial charge in [0.15, 0.2) is 0 Å². The molecule has 0 aliphatic heterocycles. The summed E-state index contributed by atoms with van der Waals surface area (Å²) in [7, 11) is 2.02. The number of hydrogen-bond acceptors (Lipinski definition) is 3. The number of rotatable bonds is 5. The van der Waals surface area contributed by atoms with Crippen LogP contribution in [-0.4, -0.2) is 21.8 Å². The maximum absolute atomic E-state index is 5.39. The average Bonchev–Trinajstić information content (AvgIpc) is 2.46. The third-order valence-electron chi connectivity index (χ3n) is 1.66. The molecule has 0 aromatic carbocycles. The zero-order valence-corrected chi connectivity index (χ0v) is 8.18. The monoisotopic (exact) mass is 185 g/mol. The highest BCUT2D eigenvalue weighted by Crippen LogP contribution is 2.11. The Hall–Kier alpha value is -0.480. The lowest BCUT2D eigenvalue weighted by Crippen LogP contribution is -2.00. The van der Waals surface area contributed by atoms with E-state index in [0.29, 0.717) is 0 Å². The zero-order valence-electron chi connectivity index (χ0n) is 7.36. The quantitative estimate of drug-likeness (QED) is 0.696. The summed E-state index contributed by atoms with van der Waals surface area (Å²) in [6, 6.07) is 0. The summed E-state index contributed by atoms with van der Waals surface area (Å²) in [5.41, 5.74) is 6.66. The molecule has 1 aromatic heterocycles. The number of hydrogen-bond donors (Lipinski definition) is 1. The summed E-state index contributed by atoms with van der Waals surface area (Å²) in [4.78, 5) is 4.05. The van der Waals surface area contributed by atoms with Gasteiger partial charge < -0.3 is 10.3 Å². The fourth-order valence-electron chi connectivity index (χ4n) is 0.886. The molecule has 0 spiro atoms. The van der Waals surface area contributed by atoms with Crippen LogP contribution < -0.4 is 5.73 Å². The molecule has 2 N–H and O–H groups in total. The van der Waals surface area contributed by atoms with Crippen LogP contribution in [0.15, 0.2) is 12.5 Å². The first-order chi connectivity index (χ1) is 5.84. The van der Waals surface area contributed by atoms with Crippen LogP contribution in [0.3, 0.4) is 0 Å². The van der Waals surface area contributed by atoms with Gasteiger partial charge >= 0.3 is 0 Å². The number of imidazole rings is 1. The van der Waals surface area contributed by atoms with E-state index < -0.39 is 0 Å². The molecule has 3 nitrogen and oxygen atoms in total. The Morgan fingerprint density at radius 3 is 3.08 bits per heavy atom. The van der Waals surface area contributed by atoms with Crippen LogP contribution in [0.1, 0.15) is 12.1 Å². The third kappa shape index (κ3) is 2.87. The fraction of sp³-hybridized carbons (Fsp3) is 0.625. The first kappa shape index (κ1) is 9.61. The largest absolute Gasteiger partial charge is 0.337 e. The fourth-order valence-corrected chi connectivity index (χ4v) is 1.89. The van der Waals surface area contributed by atoms with Crippen LogP contribution in [0, 0.1) is 0 Å². The molecule has 1 aromatic rings. The van der Waals surface area contributed by atoms with Gasteiger partial charge in [0.2, 0.25) is 0 Å². The first-order valence-electron chi connectivity index (χ1n) is 4.07. The van der Waals surface area contributed by atoms with Crippen molar-refractivity contribution in [2.24, 2.45) is 12.8 Å². The first-order valence-corrected chi connectivity index (χ1v) is 5.23. The van der Waals surface area contributed by atoms with Crippen molar-refractivity contribution in [3.05, 3.63) is 18.2 Å². The van der Waals surface area contributed by atoms with Crippen molar-refractivity contribution >= 4 is 11.8 Å². The number of nitrogens with zero attached hydrogens (tertiary/aromatic N) is 2. The lowest BCUT2D eigenvalue weighted by molar-refractivity contribution is 0.865. The molecule has 12 heavy (non-hydrogen) atoms. The zero-order chi connectivity index (χ0) is 8.81. The smallest absolute Gasteiger partial charge is 0.0945 e. The van der Waals surface area contributed by atoms with E-state index in [0.717, 1.165) is 24.5 Å². The predicted molar refractivity (Wildman–Crippen MR) is 53.0 cm³/mol. The number of thioether (sulfide) groups is 1. The molecule has 1 rings (SSSR count). The highest BCUT2D eigenvalue weighted by atomic mass is 32.2. The molecule has 0 aliphatic carbocycles. The Balaban J connectivity index is 2.20. The maximum atomic E-state index is 5.39. The minimum absolute atomic E-state index is 0.790. The van der Waals surface area contributed by atoms with Gasteiger partial charge in [0.25, 0.3) is 0 Å². The van der Waals surface area contributed by atoms with Crippen LogP contribution >= 0.6 is 11.8 Å². The van der Waals surface area contributed by atoms with Crippen LogP contribution in [0.25, 0.3) is 0 Å². The van der Waals surface area contributed by atoms with Crippen molar-refractivity contribution in [2.75, 3.05) is 12.3 Å². The molecule has 0 bridgehead atoms. The molecule has 68 valence electrons. The highest BCUT2D eigenvalue weighted by molar-refractivity contribution is 7.98. The van der Waals surface area contributed by atoms with Gasteiger partial charge in [0.1, 0.15) is 0 Å². The second-order valence-electron chi connectivity index (χ2n) is 2.69. The van der Waals surface area contributed by atoms with Gasteiger partial charge in [0, 0.05) is 24.7 Å². The Morgan fingerprint density at radius 2 is 2.50 bits per heavy atom. The van der Waals surface area contributed by atoms with Gasteiger partial charge in [-0.25, -0.2) is 4.98 Å². The third-order valence-corrected chi connectivity index (χ3v) is 2.74. The number of aromatic nitrogens is 2. The lowest BCUT2D eigenvalue weighted by Gasteiger charge is -2.00. The van der Waals surface area contributed by atoms with E-state index in [2.05, 4.69) is 9.55 Å². The Kier molecular flexibility index (Phi) is 4.18. The normalized spacial score (nSPS) is 10.5. The number of aryl methyl sites for hydroxylation is 1. The standard InChI is InChI=1S/C8H15N3S/c1-11-7-10-5-8(11)6-12-4-2-3-9/h5,7H,2-4,6,9H2,1H3. The van der Waals surface area contributed by atoms with Gasteiger partial charge in [-0.05, 0) is 18.7 Å². The maximum Gasteiger partial charge on any atom is 0.0945 e. The van der Waals surface area contributed by atoms with E-state index in [9.17, 15) is 0 Å². The second-order valence-corrected chi connectivity index (χ2v) is 3.80. The molecule has 0 radical (unpaired) electrons. The van der Waals surface area contributed by atoms with Crippen molar-refractivity contribution in [3.8, 4) is 0 Å². The highest BCUT2D eigenvalue weighted by Gasteiger charge is 1.96. The second kappa shape index (κ2) is 5.22. The van der Waals surface area contributed by atoms with E-state index in [1.165, 1.54) is 5.69 Å². The Morgan fingerprint density at radius 1 is 1.67 bits per heavy atom. The summed E-state index contributed by atoms with van der Waals surface area (Å²) in [5, 5.41) is 0. The average molecular weight is 185 g/mol. The van der Waals surface area contributed by atoms with Gasteiger partial charge in [-0.3, -0.25) is 0 Å². The van der Waals surface area contributed by atoms with Crippen molar-refractivity contribution in [1.29, 1.82) is 0 Å². The molecule has 0 amide bonds. The van der Waals surface area contributed by atoms with Gasteiger partial charge in [-0.2, -0.15) is 11.8 Å². The van der Waals surface area contributed by atoms with E-state index in [-0.39, 0.29) is 0 Å². The van der Waals surface area contributed by atoms with Crippen LogP contribution in [-0.2, 0) is 12.8 Å². The minimum Gasteiger partial charge on any atom is -0.337 e. The summed E-state index contributed by atoms with van der Waals surface area (Å²) < 4.78 is 2.05. The molecule has 0 fully saturated rings. The van der Waals surface area contributed by atoms with Crippen molar-refractivity contribution < 1.29 is 0 Å². The molecule has 0 unspecified atom stereocenters. The van der Waals surface area contributed by atoms with Crippen molar-refractivity contribution in [3.63, 3.8) is 0 Å². The summed E-state index contributed by atoms with van der Waals surface area (Å²) >= 11 is 1.91. The van der Waals surface area contributed by atoms with E-state index in [1.807, 2.05) is 31.3 Å². The summed E-state index contributed by atoms with van der Waals surface area (Å²) in [6.45, 7) is 0.790. The van der Waals surface area contributed by atoms with Gasteiger partial charge in [-0.1, -0.05) is 0 Å². The van der Waals surface area contributed by atoms with E-state index in [4.69, 9.17) is 5.73 Å². The Bertz CT molecular complexity index is 222. The van der Waals surface area contributed by atoms with Crippen molar-refractivity contribution in [1.82, 2.24) is 9.55 Å². The molecular weight excluding hydrogens is 170 g/mol. The lowest BCUT2D eigenvalue weighted by atomic mass is 10.5. The molecule has 0 saturated carbocycles. The summed E-state index contributed by atoms with van der Waals surface area (Å²) in [5.74, 6) is 2.18. The Labute approximate surface area is 77.4 Å². The van der Waals surface area contributed by atoms with Crippen molar-refractivity contribution in [2.45, 2.75) is 12.2 Å². The summed E-state index contributed by atoms with van der Waals surface area (Å²) in [6.07, 6.45) is 4.84.